The lowest BCUT2D eigenvalue weighted by Gasteiger charge is -2.19. The first kappa shape index (κ1) is 9.84. The molecule has 0 saturated heterocycles. The molecule has 0 aliphatic carbocycles. The van der Waals surface area contributed by atoms with Crippen LogP contribution in [0.3, 0.4) is 0 Å². The molecular formula is C13H10N2O2. The SMILES string of the molecule is Cc1cc2c3c(cccc3c1O)C(=O)NC2=N. The van der Waals surface area contributed by atoms with Gasteiger partial charge in [0.25, 0.3) is 5.91 Å². The molecular weight excluding hydrogens is 216 g/mol. The number of amides is 1. The Bertz CT molecular complexity index is 689. The maximum Gasteiger partial charge on any atom is 0.257 e. The number of amidine groups is 1. The molecule has 0 saturated carbocycles. The second kappa shape index (κ2) is 3.07. The first-order chi connectivity index (χ1) is 8.09. The normalized spacial score (nSPS) is 13.9. The molecule has 0 aromatic heterocycles. The summed E-state index contributed by atoms with van der Waals surface area (Å²) in [6.45, 7) is 1.78. The number of hydrogen-bond acceptors (Lipinski definition) is 3. The van der Waals surface area contributed by atoms with Gasteiger partial charge < -0.3 is 10.4 Å². The van der Waals surface area contributed by atoms with E-state index in [2.05, 4.69) is 5.32 Å². The predicted molar refractivity (Wildman–Crippen MR) is 64.6 cm³/mol. The van der Waals surface area contributed by atoms with E-state index in [9.17, 15) is 9.90 Å². The van der Waals surface area contributed by atoms with Crippen LogP contribution in [0.2, 0.25) is 0 Å². The fourth-order valence-electron chi connectivity index (χ4n) is 2.24. The van der Waals surface area contributed by atoms with Crippen LogP contribution in [0.1, 0.15) is 21.5 Å². The van der Waals surface area contributed by atoms with Gasteiger partial charge in [-0.05, 0) is 24.6 Å². The minimum Gasteiger partial charge on any atom is -0.507 e. The highest BCUT2D eigenvalue weighted by molar-refractivity contribution is 6.27. The number of carbonyl (C=O) groups excluding carboxylic acids is 1. The van der Waals surface area contributed by atoms with Crippen molar-refractivity contribution in [1.29, 1.82) is 5.41 Å². The van der Waals surface area contributed by atoms with Crippen LogP contribution in [0.5, 0.6) is 5.75 Å². The van der Waals surface area contributed by atoms with Gasteiger partial charge in [-0.25, -0.2) is 0 Å². The van der Waals surface area contributed by atoms with Crippen LogP contribution in [0.25, 0.3) is 10.8 Å². The molecule has 1 aliphatic rings. The minimum absolute atomic E-state index is 0.0850. The molecule has 1 amide bonds. The molecule has 17 heavy (non-hydrogen) atoms. The monoisotopic (exact) mass is 226 g/mol. The summed E-state index contributed by atoms with van der Waals surface area (Å²) in [5, 5.41) is 21.6. The molecule has 3 N–H and O–H groups in total. The summed E-state index contributed by atoms with van der Waals surface area (Å²) in [6, 6.07) is 6.91. The van der Waals surface area contributed by atoms with E-state index in [4.69, 9.17) is 5.41 Å². The van der Waals surface area contributed by atoms with Crippen molar-refractivity contribution in [2.24, 2.45) is 0 Å². The molecule has 0 fully saturated rings. The van der Waals surface area contributed by atoms with E-state index < -0.39 is 0 Å². The zero-order valence-corrected chi connectivity index (χ0v) is 9.16. The van der Waals surface area contributed by atoms with E-state index in [1.807, 2.05) is 0 Å². The Morgan fingerprint density at radius 1 is 1.29 bits per heavy atom. The van der Waals surface area contributed by atoms with Crippen molar-refractivity contribution in [2.75, 3.05) is 0 Å². The number of nitrogens with one attached hydrogen (secondary N) is 2. The molecule has 0 unspecified atom stereocenters. The third kappa shape index (κ3) is 1.18. The lowest BCUT2D eigenvalue weighted by atomic mass is 9.92. The van der Waals surface area contributed by atoms with Crippen molar-refractivity contribution in [2.45, 2.75) is 6.92 Å². The largest absolute Gasteiger partial charge is 0.507 e. The van der Waals surface area contributed by atoms with Gasteiger partial charge in [0.15, 0.2) is 0 Å². The van der Waals surface area contributed by atoms with Gasteiger partial charge in [-0.3, -0.25) is 10.2 Å². The lowest BCUT2D eigenvalue weighted by Crippen LogP contribution is -2.34. The van der Waals surface area contributed by atoms with Crippen LogP contribution in [-0.4, -0.2) is 16.8 Å². The van der Waals surface area contributed by atoms with Crippen LogP contribution < -0.4 is 5.32 Å². The maximum absolute atomic E-state index is 11.7. The molecule has 1 heterocycles. The zero-order valence-electron chi connectivity index (χ0n) is 9.16. The number of rotatable bonds is 0. The van der Waals surface area contributed by atoms with E-state index in [1.54, 1.807) is 31.2 Å². The quantitative estimate of drug-likeness (QED) is 0.642. The van der Waals surface area contributed by atoms with E-state index in [-0.39, 0.29) is 17.5 Å². The summed E-state index contributed by atoms with van der Waals surface area (Å²) >= 11 is 0. The van der Waals surface area contributed by atoms with Gasteiger partial charge in [0.05, 0.1) is 0 Å². The highest BCUT2D eigenvalue weighted by Crippen LogP contribution is 2.34. The van der Waals surface area contributed by atoms with E-state index >= 15 is 0 Å². The molecule has 2 aromatic rings. The molecule has 0 atom stereocenters. The smallest absolute Gasteiger partial charge is 0.257 e. The van der Waals surface area contributed by atoms with Crippen LogP contribution >= 0.6 is 0 Å². The highest BCUT2D eigenvalue weighted by Gasteiger charge is 2.24. The van der Waals surface area contributed by atoms with Gasteiger partial charge in [0.1, 0.15) is 11.6 Å². The van der Waals surface area contributed by atoms with Crippen molar-refractivity contribution in [1.82, 2.24) is 5.32 Å². The van der Waals surface area contributed by atoms with Gasteiger partial charge in [0, 0.05) is 21.9 Å². The van der Waals surface area contributed by atoms with E-state index in [0.717, 1.165) is 0 Å². The van der Waals surface area contributed by atoms with Crippen molar-refractivity contribution in [3.05, 3.63) is 41.0 Å². The predicted octanol–water partition coefficient (Wildman–Crippen LogP) is 1.92. The Balaban J connectivity index is 2.59. The summed E-state index contributed by atoms with van der Waals surface area (Å²) in [5.41, 5.74) is 1.86. The topological polar surface area (TPSA) is 73.2 Å². The fourth-order valence-corrected chi connectivity index (χ4v) is 2.24. The Labute approximate surface area is 97.4 Å². The second-order valence-electron chi connectivity index (χ2n) is 4.15. The second-order valence-corrected chi connectivity index (χ2v) is 4.15. The summed E-state index contributed by atoms with van der Waals surface area (Å²) < 4.78 is 0. The molecule has 0 spiro atoms. The average molecular weight is 226 g/mol. The van der Waals surface area contributed by atoms with Gasteiger partial charge in [-0.1, -0.05) is 12.1 Å². The maximum atomic E-state index is 11.7. The summed E-state index contributed by atoms with van der Waals surface area (Å²) in [7, 11) is 0. The summed E-state index contributed by atoms with van der Waals surface area (Å²) in [6.07, 6.45) is 0. The molecule has 2 aromatic carbocycles. The number of benzene rings is 2. The number of hydrogen-bond donors (Lipinski definition) is 3. The Kier molecular flexibility index (Phi) is 1.78. The van der Waals surface area contributed by atoms with Crippen LogP contribution in [0.4, 0.5) is 0 Å². The number of aromatic hydroxyl groups is 1. The summed E-state index contributed by atoms with van der Waals surface area (Å²) in [5.74, 6) is -0.0359. The van der Waals surface area contributed by atoms with E-state index in [1.165, 1.54) is 0 Å². The van der Waals surface area contributed by atoms with Crippen molar-refractivity contribution < 1.29 is 9.90 Å². The van der Waals surface area contributed by atoms with Gasteiger partial charge in [-0.15, -0.1) is 0 Å². The Morgan fingerprint density at radius 2 is 2.06 bits per heavy atom. The van der Waals surface area contributed by atoms with Crippen molar-refractivity contribution in [3.63, 3.8) is 0 Å². The van der Waals surface area contributed by atoms with Crippen molar-refractivity contribution in [3.8, 4) is 5.75 Å². The minimum atomic E-state index is -0.295. The molecule has 4 heteroatoms. The number of carbonyl (C=O) groups is 1. The zero-order chi connectivity index (χ0) is 12.2. The Hall–Kier alpha value is -2.36. The molecule has 3 rings (SSSR count). The molecule has 84 valence electrons. The molecule has 4 nitrogen and oxygen atoms in total. The third-order valence-electron chi connectivity index (χ3n) is 3.08. The van der Waals surface area contributed by atoms with Gasteiger partial charge in [0.2, 0.25) is 0 Å². The molecule has 0 radical (unpaired) electrons. The lowest BCUT2D eigenvalue weighted by molar-refractivity contribution is 0.0977. The number of phenolic OH excluding ortho intramolecular Hbond substituents is 1. The number of aryl methyl sites for hydroxylation is 1. The molecule has 1 aliphatic heterocycles. The van der Waals surface area contributed by atoms with Crippen LogP contribution in [-0.2, 0) is 0 Å². The highest BCUT2D eigenvalue weighted by atomic mass is 16.3. The summed E-state index contributed by atoms with van der Waals surface area (Å²) in [4.78, 5) is 11.7. The standard InChI is InChI=1S/C13H10N2O2/c1-6-5-9-10-7(11(6)16)3-2-4-8(10)13(17)15-12(9)14/h2-5,16H,1H3,(H2,14,15,17). The van der Waals surface area contributed by atoms with Gasteiger partial charge >= 0.3 is 0 Å². The van der Waals surface area contributed by atoms with Crippen molar-refractivity contribution >= 4 is 22.5 Å². The van der Waals surface area contributed by atoms with Gasteiger partial charge in [-0.2, -0.15) is 0 Å². The first-order valence-corrected chi connectivity index (χ1v) is 5.25. The van der Waals surface area contributed by atoms with E-state index in [0.29, 0.717) is 27.5 Å². The molecule has 0 bridgehead atoms. The Morgan fingerprint density at radius 3 is 2.82 bits per heavy atom. The first-order valence-electron chi connectivity index (χ1n) is 5.25. The van der Waals surface area contributed by atoms with Crippen LogP contribution in [0.15, 0.2) is 24.3 Å². The fraction of sp³-hybridized carbons (Fsp3) is 0.0769. The number of phenols is 1. The average Bonchev–Trinajstić information content (AvgIpc) is 2.31. The third-order valence-corrected chi connectivity index (χ3v) is 3.08. The van der Waals surface area contributed by atoms with Crippen LogP contribution in [0, 0.1) is 12.3 Å².